The van der Waals surface area contributed by atoms with E-state index in [-0.39, 0.29) is 21.2 Å². The second kappa shape index (κ2) is 5.04. The van der Waals surface area contributed by atoms with Crippen LogP contribution in [0, 0.1) is 11.6 Å². The van der Waals surface area contributed by atoms with Crippen molar-refractivity contribution in [2.75, 3.05) is 0 Å². The Labute approximate surface area is 112 Å². The molecule has 2 aromatic carbocycles. The highest BCUT2D eigenvalue weighted by Gasteiger charge is 2.17. The lowest BCUT2D eigenvalue weighted by molar-refractivity contribution is 0.103. The molecule has 0 saturated heterocycles. The van der Waals surface area contributed by atoms with E-state index < -0.39 is 17.4 Å². The van der Waals surface area contributed by atoms with E-state index in [4.69, 9.17) is 23.2 Å². The minimum atomic E-state index is -0.743. The first-order valence-corrected chi connectivity index (χ1v) is 5.69. The molecular weight excluding hydrogens is 281 g/mol. The second-order valence-electron chi connectivity index (χ2n) is 3.58. The maximum Gasteiger partial charge on any atom is 0.197 e. The predicted molar refractivity (Wildman–Crippen MR) is 66.3 cm³/mol. The van der Waals surface area contributed by atoms with Gasteiger partial charge in [-0.2, -0.15) is 0 Å². The van der Waals surface area contributed by atoms with Crippen molar-refractivity contribution in [2.24, 2.45) is 0 Å². The van der Waals surface area contributed by atoms with Crippen molar-refractivity contribution in [1.29, 1.82) is 0 Å². The summed E-state index contributed by atoms with van der Waals surface area (Å²) in [4.78, 5) is 12.0. The maximum atomic E-state index is 13.6. The van der Waals surface area contributed by atoms with Crippen molar-refractivity contribution >= 4 is 29.0 Å². The molecule has 0 aromatic heterocycles. The molecule has 2 aromatic rings. The molecule has 0 unspecified atom stereocenters. The highest BCUT2D eigenvalue weighted by atomic mass is 35.5. The zero-order chi connectivity index (χ0) is 13.3. The molecule has 0 heterocycles. The number of hydrogen-bond donors (Lipinski definition) is 0. The minimum Gasteiger partial charge on any atom is -0.288 e. The third-order valence-corrected chi connectivity index (χ3v) is 2.90. The van der Waals surface area contributed by atoms with E-state index in [1.54, 1.807) is 0 Å². The first-order valence-electron chi connectivity index (χ1n) is 4.94. The molecular formula is C13H6Cl2F2O. The van der Waals surface area contributed by atoms with Crippen LogP contribution in [-0.2, 0) is 0 Å². The Morgan fingerprint density at radius 3 is 2.22 bits per heavy atom. The average Bonchev–Trinajstić information content (AvgIpc) is 2.28. The van der Waals surface area contributed by atoms with Crippen molar-refractivity contribution in [3.8, 4) is 0 Å². The first-order chi connectivity index (χ1) is 8.49. The van der Waals surface area contributed by atoms with Crippen molar-refractivity contribution in [1.82, 2.24) is 0 Å². The fourth-order valence-corrected chi connectivity index (χ4v) is 1.90. The van der Waals surface area contributed by atoms with Crippen LogP contribution in [0.15, 0.2) is 36.4 Å². The Balaban J connectivity index is 2.48. The second-order valence-corrected chi connectivity index (χ2v) is 4.42. The summed E-state index contributed by atoms with van der Waals surface area (Å²) in [6.45, 7) is 0. The summed E-state index contributed by atoms with van der Waals surface area (Å²) in [5.74, 6) is -1.92. The van der Waals surface area contributed by atoms with E-state index in [0.29, 0.717) is 0 Å². The van der Waals surface area contributed by atoms with Gasteiger partial charge < -0.3 is 0 Å². The molecule has 0 aliphatic rings. The molecule has 1 nitrogen and oxygen atoms in total. The molecule has 92 valence electrons. The van der Waals surface area contributed by atoms with Gasteiger partial charge >= 0.3 is 0 Å². The summed E-state index contributed by atoms with van der Waals surface area (Å²) in [7, 11) is 0. The molecule has 0 fully saturated rings. The van der Waals surface area contributed by atoms with Crippen LogP contribution in [0.2, 0.25) is 10.0 Å². The zero-order valence-corrected chi connectivity index (χ0v) is 10.4. The largest absolute Gasteiger partial charge is 0.288 e. The van der Waals surface area contributed by atoms with Crippen LogP contribution in [0.3, 0.4) is 0 Å². The van der Waals surface area contributed by atoms with Gasteiger partial charge in [-0.3, -0.25) is 4.79 Å². The SMILES string of the molecule is O=C(c1ccc(Cl)cc1F)c1ccc(F)cc1Cl. The van der Waals surface area contributed by atoms with E-state index in [9.17, 15) is 13.6 Å². The van der Waals surface area contributed by atoms with Gasteiger partial charge in [0.25, 0.3) is 0 Å². The Morgan fingerprint density at radius 1 is 0.944 bits per heavy atom. The Morgan fingerprint density at radius 2 is 1.61 bits per heavy atom. The average molecular weight is 287 g/mol. The van der Waals surface area contributed by atoms with Gasteiger partial charge in [-0.15, -0.1) is 0 Å². The van der Waals surface area contributed by atoms with Crippen LogP contribution in [-0.4, -0.2) is 5.78 Å². The van der Waals surface area contributed by atoms with Crippen molar-refractivity contribution in [2.45, 2.75) is 0 Å². The highest BCUT2D eigenvalue weighted by molar-refractivity contribution is 6.35. The fourth-order valence-electron chi connectivity index (χ4n) is 1.49. The van der Waals surface area contributed by atoms with Gasteiger partial charge in [-0.05, 0) is 36.4 Å². The van der Waals surface area contributed by atoms with E-state index in [1.807, 2.05) is 0 Å². The van der Waals surface area contributed by atoms with Crippen LogP contribution < -0.4 is 0 Å². The standard InChI is InChI=1S/C13H6Cl2F2O/c14-7-1-3-10(12(17)5-7)13(18)9-4-2-8(16)6-11(9)15/h1-6H. The lowest BCUT2D eigenvalue weighted by Crippen LogP contribution is -2.05. The Hall–Kier alpha value is -1.45. The summed E-state index contributed by atoms with van der Waals surface area (Å²) >= 11 is 11.3. The van der Waals surface area contributed by atoms with Gasteiger partial charge in [0.05, 0.1) is 10.6 Å². The molecule has 0 bridgehead atoms. The summed E-state index contributed by atoms with van der Waals surface area (Å²) < 4.78 is 26.4. The van der Waals surface area contributed by atoms with Gasteiger partial charge in [0, 0.05) is 10.6 Å². The smallest absolute Gasteiger partial charge is 0.197 e. The van der Waals surface area contributed by atoms with Crippen molar-refractivity contribution in [3.63, 3.8) is 0 Å². The number of benzene rings is 2. The lowest BCUT2D eigenvalue weighted by Gasteiger charge is -2.05. The summed E-state index contributed by atoms with van der Waals surface area (Å²) in [6, 6.07) is 7.00. The summed E-state index contributed by atoms with van der Waals surface area (Å²) in [5.41, 5.74) is -0.118. The molecule has 18 heavy (non-hydrogen) atoms. The van der Waals surface area contributed by atoms with Crippen LogP contribution in [0.4, 0.5) is 8.78 Å². The van der Waals surface area contributed by atoms with Gasteiger partial charge in [-0.25, -0.2) is 8.78 Å². The topological polar surface area (TPSA) is 17.1 Å². The van der Waals surface area contributed by atoms with Crippen molar-refractivity contribution < 1.29 is 13.6 Å². The monoisotopic (exact) mass is 286 g/mol. The number of rotatable bonds is 2. The van der Waals surface area contributed by atoms with Gasteiger partial charge in [0.2, 0.25) is 0 Å². The molecule has 5 heteroatoms. The molecule has 0 radical (unpaired) electrons. The molecule has 0 N–H and O–H groups in total. The number of carbonyl (C=O) groups excluding carboxylic acids is 1. The minimum absolute atomic E-state index is 0.0410. The van der Waals surface area contributed by atoms with E-state index in [2.05, 4.69) is 0 Å². The van der Waals surface area contributed by atoms with Crippen LogP contribution in [0.25, 0.3) is 0 Å². The first kappa shape index (κ1) is 13.0. The maximum absolute atomic E-state index is 13.6. The summed E-state index contributed by atoms with van der Waals surface area (Å²) in [5, 5.41) is 0.128. The van der Waals surface area contributed by atoms with Gasteiger partial charge in [0.15, 0.2) is 5.78 Å². The predicted octanol–water partition coefficient (Wildman–Crippen LogP) is 4.50. The van der Waals surface area contributed by atoms with E-state index in [1.165, 1.54) is 18.2 Å². The number of halogens is 4. The van der Waals surface area contributed by atoms with Crippen molar-refractivity contribution in [3.05, 3.63) is 69.2 Å². The summed E-state index contributed by atoms with van der Waals surface area (Å²) in [6.07, 6.45) is 0. The van der Waals surface area contributed by atoms with Gasteiger partial charge in [-0.1, -0.05) is 23.2 Å². The molecule has 2 rings (SSSR count). The normalized spacial score (nSPS) is 10.4. The quantitative estimate of drug-likeness (QED) is 0.743. The van der Waals surface area contributed by atoms with Crippen LogP contribution in [0.1, 0.15) is 15.9 Å². The lowest BCUT2D eigenvalue weighted by atomic mass is 10.0. The van der Waals surface area contributed by atoms with Crippen LogP contribution >= 0.6 is 23.2 Å². The zero-order valence-electron chi connectivity index (χ0n) is 8.88. The molecule has 0 aliphatic heterocycles. The highest BCUT2D eigenvalue weighted by Crippen LogP contribution is 2.23. The molecule has 0 spiro atoms. The number of carbonyl (C=O) groups is 1. The molecule has 0 aliphatic carbocycles. The third kappa shape index (κ3) is 2.52. The van der Waals surface area contributed by atoms with E-state index >= 15 is 0 Å². The fraction of sp³-hybridized carbons (Fsp3) is 0. The van der Waals surface area contributed by atoms with Gasteiger partial charge in [0.1, 0.15) is 11.6 Å². The number of ketones is 1. The number of hydrogen-bond acceptors (Lipinski definition) is 1. The molecule has 0 atom stereocenters. The third-order valence-electron chi connectivity index (χ3n) is 2.35. The Kier molecular flexibility index (Phi) is 3.64. The Bertz CT molecular complexity index is 573. The molecule has 0 amide bonds. The molecule has 0 saturated carbocycles. The van der Waals surface area contributed by atoms with E-state index in [0.717, 1.165) is 18.2 Å². The van der Waals surface area contributed by atoms with Crippen LogP contribution in [0.5, 0.6) is 0 Å².